The van der Waals surface area contributed by atoms with Crippen LogP contribution < -0.4 is 36.6 Å². The van der Waals surface area contributed by atoms with Gasteiger partial charge in [0, 0.05) is 61.6 Å². The third kappa shape index (κ3) is 18.3. The fraction of sp³-hybridized carbons (Fsp3) is 0.567. The fourth-order valence-corrected chi connectivity index (χ4v) is 11.0. The number of benzene rings is 2. The maximum Gasteiger partial charge on any atom is 0.324 e. The second-order valence-corrected chi connectivity index (χ2v) is 21.4. The van der Waals surface area contributed by atoms with Crippen molar-refractivity contribution in [2.24, 2.45) is 5.90 Å². The number of H-pyrrole nitrogens is 1. The lowest BCUT2D eigenvalue weighted by molar-refractivity contribution is -0.144. The van der Waals surface area contributed by atoms with E-state index in [0.717, 1.165) is 165 Å². The average Bonchev–Trinajstić information content (AvgIpc) is 4.39. The number of ketones is 1. The van der Waals surface area contributed by atoms with Crippen molar-refractivity contribution in [1.29, 1.82) is 5.59 Å². The largest absolute Gasteiger partial charge is 0.494 e. The van der Waals surface area contributed by atoms with Crippen LogP contribution in [-0.4, -0.2) is 85.9 Å². The summed E-state index contributed by atoms with van der Waals surface area (Å²) >= 11 is 0. The molecule has 0 radical (unpaired) electrons. The lowest BCUT2D eigenvalue weighted by Crippen LogP contribution is -2.27. The first-order chi connectivity index (χ1) is 39.4. The van der Waals surface area contributed by atoms with Gasteiger partial charge in [0.2, 0.25) is 0 Å². The van der Waals surface area contributed by atoms with Crippen molar-refractivity contribution in [1.82, 2.24) is 29.5 Å². The van der Waals surface area contributed by atoms with Crippen LogP contribution in [0.25, 0.3) is 22.1 Å². The number of anilines is 6. The van der Waals surface area contributed by atoms with E-state index in [-0.39, 0.29) is 24.1 Å². The van der Waals surface area contributed by atoms with Gasteiger partial charge in [0.1, 0.15) is 46.5 Å². The zero-order valence-corrected chi connectivity index (χ0v) is 46.5. The molecule has 2 aromatic carbocycles. The number of rotatable bonds is 26. The van der Waals surface area contributed by atoms with Crippen molar-refractivity contribution in [3.8, 4) is 11.5 Å². The Kier molecular flexibility index (Phi) is 24.0. The number of nitrogens with one attached hydrogen (secondary N) is 6. The molecule has 80 heavy (non-hydrogen) atoms. The first-order valence-corrected chi connectivity index (χ1v) is 29.5. The number of nitrogens with zero attached hydrogens (tertiary/aromatic N) is 5. The van der Waals surface area contributed by atoms with Gasteiger partial charge in [-0.1, -0.05) is 69.8 Å². The number of aromatic amines is 1. The summed E-state index contributed by atoms with van der Waals surface area (Å²) in [6.45, 7) is 2.84. The molecule has 2 aliphatic heterocycles. The molecule has 0 spiro atoms. The minimum Gasteiger partial charge on any atom is -0.494 e. The topological polar surface area (TPSA) is 268 Å². The van der Waals surface area contributed by atoms with Gasteiger partial charge in [0.05, 0.1) is 36.9 Å². The van der Waals surface area contributed by atoms with Crippen LogP contribution in [0.5, 0.6) is 11.5 Å². The smallest absolute Gasteiger partial charge is 0.324 e. The first kappa shape index (κ1) is 59.2. The number of fused-ring (bicyclic) bond motifs is 2. The van der Waals surface area contributed by atoms with Crippen molar-refractivity contribution >= 4 is 68.5 Å². The normalized spacial score (nSPS) is 17.8. The zero-order chi connectivity index (χ0) is 55.6. The van der Waals surface area contributed by atoms with Crippen LogP contribution in [-0.2, 0) is 23.9 Å². The average molecular weight is 1100 g/mol. The van der Waals surface area contributed by atoms with Crippen LogP contribution in [0.2, 0.25) is 0 Å². The van der Waals surface area contributed by atoms with Gasteiger partial charge in [-0.25, -0.2) is 19.9 Å². The van der Waals surface area contributed by atoms with Gasteiger partial charge >= 0.3 is 5.97 Å². The molecular formula is C60H84N12O8. The van der Waals surface area contributed by atoms with Crippen molar-refractivity contribution in [2.45, 2.75) is 191 Å². The minimum absolute atomic E-state index is 0.0154. The molecule has 2 saturated heterocycles. The summed E-state index contributed by atoms with van der Waals surface area (Å²) < 4.78 is 25.7. The van der Waals surface area contributed by atoms with E-state index in [1.807, 2.05) is 60.9 Å². The van der Waals surface area contributed by atoms with Crippen LogP contribution in [0.3, 0.4) is 0 Å². The Morgan fingerprint density at radius 2 is 1.15 bits per heavy atom. The summed E-state index contributed by atoms with van der Waals surface area (Å²) in [6.07, 6.45) is 30.9. The summed E-state index contributed by atoms with van der Waals surface area (Å²) in [5.41, 5.74) is 10.2. The second-order valence-electron chi connectivity index (χ2n) is 21.4. The number of hydrogen-bond donors (Lipinski definition) is 7. The molecule has 0 bridgehead atoms. The lowest BCUT2D eigenvalue weighted by atomic mass is 9.95. The molecule has 2 saturated carbocycles. The number of pyridine rings is 2. The standard InChI is InChI=1S/C35H49N5O4.C25H34N6O3.HNO/c41-30(31-15-7-10-22-43-31)14-6-1-2-9-21-42-28-19-17-27(18-20-28)37-32-24-29-34(35(39-32)38-26-12-4-3-5-13-26)36-25-40(29)33-16-8-11-23-44-33;26-34-23(32)10-6-1-2-7-15-33-20-13-11-19(12-14-20)29-22-16-21-24(28-17-27-21)25(31-22)30-18-8-4-3-5-9-18;1-2/h17-20,24-26,31,33H,1-16,21-23H2,(H2,37,38,39);11-14,16-18H,1-10,15,26H2,(H,27,28)(H2,29,30,31);1H. The van der Waals surface area contributed by atoms with Crippen molar-refractivity contribution < 1.29 is 33.4 Å². The van der Waals surface area contributed by atoms with E-state index in [1.165, 1.54) is 70.6 Å². The van der Waals surface area contributed by atoms with Gasteiger partial charge in [0.25, 0.3) is 0 Å². The number of nitrogens with two attached hydrogens (primary N) is 1. The summed E-state index contributed by atoms with van der Waals surface area (Å²) in [5, 5.41) is 14.3. The summed E-state index contributed by atoms with van der Waals surface area (Å²) in [5.74, 6) is 9.66. The van der Waals surface area contributed by atoms with Crippen LogP contribution in [0, 0.1) is 10.5 Å². The number of carbonyl (C=O) groups is 2. The number of ether oxygens (including phenoxy) is 4. The molecule has 2 unspecified atom stereocenters. The van der Waals surface area contributed by atoms with E-state index in [4.69, 9.17) is 44.7 Å². The fourth-order valence-electron chi connectivity index (χ4n) is 11.0. The highest BCUT2D eigenvalue weighted by Gasteiger charge is 2.24. The summed E-state index contributed by atoms with van der Waals surface area (Å²) in [6, 6.07) is 20.9. The maximum atomic E-state index is 12.3. The number of imidazole rings is 2. The number of carbonyl (C=O) groups excluding carboxylic acids is 2. The first-order valence-electron chi connectivity index (χ1n) is 29.5. The third-order valence-corrected chi connectivity index (χ3v) is 15.4. The molecule has 20 nitrogen and oxygen atoms in total. The van der Waals surface area contributed by atoms with E-state index in [0.29, 0.717) is 38.1 Å². The van der Waals surface area contributed by atoms with Gasteiger partial charge in [-0.15, -0.1) is 0 Å². The van der Waals surface area contributed by atoms with E-state index in [1.54, 1.807) is 6.33 Å². The van der Waals surface area contributed by atoms with Gasteiger partial charge in [0.15, 0.2) is 17.4 Å². The molecule has 6 aromatic rings. The lowest BCUT2D eigenvalue weighted by Gasteiger charge is -2.25. The van der Waals surface area contributed by atoms with Crippen molar-refractivity contribution in [3.63, 3.8) is 0 Å². The van der Waals surface area contributed by atoms with Gasteiger partial charge in [-0.2, -0.15) is 10.8 Å². The number of nitroso groups, excluding NO2 is 1. The predicted molar refractivity (Wildman–Crippen MR) is 313 cm³/mol. The monoisotopic (exact) mass is 1100 g/mol. The van der Waals surface area contributed by atoms with E-state index < -0.39 is 0 Å². The number of hydrogen-bond acceptors (Lipinski definition) is 18. The highest BCUT2D eigenvalue weighted by Crippen LogP contribution is 2.34. The SMILES string of the molecule is N=O.NOC(=O)CCCCCCOc1ccc(Nc2cc3[nH]cnc3c(NC3CCCCC3)n2)cc1.O=C(CCCCCCOc1ccc(Nc2cc3c(ncn3C3CCCCO3)c(NC3CCCCC3)n2)cc1)C1CCCCO1. The molecule has 20 heteroatoms. The maximum absolute atomic E-state index is 12.3. The van der Waals surface area contributed by atoms with Crippen LogP contribution in [0.15, 0.2) is 73.3 Å². The number of aromatic nitrogens is 6. The Labute approximate surface area is 469 Å². The molecule has 6 heterocycles. The Bertz CT molecular complexity index is 2770. The van der Waals surface area contributed by atoms with Crippen molar-refractivity contribution in [3.05, 3.63) is 78.2 Å². The zero-order valence-electron chi connectivity index (χ0n) is 46.5. The Balaban J connectivity index is 0.000000211. The van der Waals surface area contributed by atoms with E-state index in [2.05, 4.69) is 52.3 Å². The number of Topliss-reactive ketones (excluding diaryl/α,β-unsaturated/α-hetero) is 1. The van der Waals surface area contributed by atoms with Crippen LogP contribution in [0.1, 0.15) is 173 Å². The molecule has 432 valence electrons. The molecule has 2 atom stereocenters. The molecule has 4 aromatic heterocycles. The Morgan fingerprint density at radius 1 is 0.613 bits per heavy atom. The van der Waals surface area contributed by atoms with Gasteiger partial charge in [-0.05, 0) is 138 Å². The molecule has 0 amide bonds. The van der Waals surface area contributed by atoms with E-state index >= 15 is 0 Å². The molecular weight excluding hydrogens is 1020 g/mol. The molecule has 4 aliphatic rings. The Hall–Kier alpha value is -6.90. The third-order valence-electron chi connectivity index (χ3n) is 15.4. The van der Waals surface area contributed by atoms with Gasteiger partial charge in [-0.3, -0.25) is 9.59 Å². The molecule has 10 rings (SSSR count). The van der Waals surface area contributed by atoms with Crippen LogP contribution in [0.4, 0.5) is 34.6 Å². The second kappa shape index (κ2) is 32.4. The highest BCUT2D eigenvalue weighted by atomic mass is 16.7. The summed E-state index contributed by atoms with van der Waals surface area (Å²) in [4.78, 5) is 57.2. The van der Waals surface area contributed by atoms with Gasteiger partial charge < -0.3 is 54.6 Å². The quantitative estimate of drug-likeness (QED) is 0.0151. The van der Waals surface area contributed by atoms with Crippen LogP contribution >= 0.6 is 0 Å². The molecule has 2 aliphatic carbocycles. The molecule has 8 N–H and O–H groups in total. The predicted octanol–water partition coefficient (Wildman–Crippen LogP) is 13.6. The molecule has 4 fully saturated rings. The van der Waals surface area contributed by atoms with E-state index in [9.17, 15) is 9.59 Å². The minimum atomic E-state index is -0.360. The Morgan fingerprint density at radius 3 is 1.71 bits per heavy atom. The summed E-state index contributed by atoms with van der Waals surface area (Å²) in [7, 11) is 0. The van der Waals surface area contributed by atoms with Crippen molar-refractivity contribution in [2.75, 3.05) is 47.7 Å². The highest BCUT2D eigenvalue weighted by molar-refractivity contribution is 5.90. The number of unbranched alkanes of at least 4 members (excludes halogenated alkanes) is 6.